The minimum atomic E-state index is -0.265. The van der Waals surface area contributed by atoms with E-state index in [4.69, 9.17) is 37.4 Å². The molecule has 0 fully saturated rings. The summed E-state index contributed by atoms with van der Waals surface area (Å²) in [6.45, 7) is 0.524. The number of ether oxygens (including phenoxy) is 3. The molecule has 0 saturated heterocycles. The van der Waals surface area contributed by atoms with Gasteiger partial charge in [0, 0.05) is 15.6 Å². The third-order valence-corrected chi connectivity index (χ3v) is 4.92. The summed E-state index contributed by atoms with van der Waals surface area (Å²) in [5.41, 5.74) is 4.88. The van der Waals surface area contributed by atoms with Crippen molar-refractivity contribution < 1.29 is 19.0 Å². The summed E-state index contributed by atoms with van der Waals surface area (Å²) >= 11 is 12.1. The molecule has 1 N–H and O–H groups in total. The molecule has 4 rings (SSSR count). The number of carbonyl (C=O) groups is 1. The highest BCUT2D eigenvalue weighted by molar-refractivity contribution is 6.31. The SMILES string of the molecule is O=C(Cc1ccc2c(c1)OCO2)N/N=C/c1cc(Cl)ccc1OCc1cccc(Cl)c1. The van der Waals surface area contributed by atoms with Crippen molar-refractivity contribution in [3.05, 3.63) is 87.4 Å². The zero-order chi connectivity index (χ0) is 21.6. The quantitative estimate of drug-likeness (QED) is 0.401. The summed E-state index contributed by atoms with van der Waals surface area (Å²) in [5, 5.41) is 5.21. The fraction of sp³-hybridized carbons (Fsp3) is 0.130. The van der Waals surface area contributed by atoms with Crippen molar-refractivity contribution in [1.82, 2.24) is 5.43 Å². The molecule has 6 nitrogen and oxygen atoms in total. The van der Waals surface area contributed by atoms with E-state index in [1.807, 2.05) is 24.3 Å². The summed E-state index contributed by atoms with van der Waals surface area (Å²) < 4.78 is 16.5. The largest absolute Gasteiger partial charge is 0.488 e. The van der Waals surface area contributed by atoms with Crippen molar-refractivity contribution in [3.8, 4) is 17.2 Å². The average molecular weight is 457 g/mol. The van der Waals surface area contributed by atoms with Gasteiger partial charge in [0.1, 0.15) is 12.4 Å². The number of hydrogen-bond donors (Lipinski definition) is 1. The highest BCUT2D eigenvalue weighted by Crippen LogP contribution is 2.32. The van der Waals surface area contributed by atoms with Gasteiger partial charge in [-0.15, -0.1) is 0 Å². The summed E-state index contributed by atoms with van der Waals surface area (Å²) in [6, 6.07) is 18.0. The predicted octanol–water partition coefficient (Wildman–Crippen LogP) is 4.99. The van der Waals surface area contributed by atoms with E-state index in [1.165, 1.54) is 6.21 Å². The van der Waals surface area contributed by atoms with E-state index in [2.05, 4.69) is 10.5 Å². The Balaban J connectivity index is 1.37. The number of amides is 1. The Morgan fingerprint density at radius 2 is 1.84 bits per heavy atom. The van der Waals surface area contributed by atoms with E-state index in [1.54, 1.807) is 36.4 Å². The number of benzene rings is 3. The molecule has 1 amide bonds. The third-order valence-electron chi connectivity index (χ3n) is 4.45. The third kappa shape index (κ3) is 5.69. The lowest BCUT2D eigenvalue weighted by Crippen LogP contribution is -2.19. The molecule has 0 aromatic heterocycles. The number of carbonyl (C=O) groups excluding carboxylic acids is 1. The van der Waals surface area contributed by atoms with Gasteiger partial charge in [-0.25, -0.2) is 5.43 Å². The predicted molar refractivity (Wildman–Crippen MR) is 119 cm³/mol. The molecule has 0 unspecified atom stereocenters. The number of halogens is 2. The number of rotatable bonds is 7. The Morgan fingerprint density at radius 3 is 2.71 bits per heavy atom. The smallest absolute Gasteiger partial charge is 0.244 e. The molecule has 1 aliphatic heterocycles. The van der Waals surface area contributed by atoms with Gasteiger partial charge in [-0.1, -0.05) is 41.4 Å². The maximum atomic E-state index is 12.2. The van der Waals surface area contributed by atoms with Gasteiger partial charge in [-0.3, -0.25) is 4.79 Å². The van der Waals surface area contributed by atoms with E-state index in [0.717, 1.165) is 11.1 Å². The number of hydrazone groups is 1. The molecule has 8 heteroatoms. The minimum absolute atomic E-state index is 0.154. The van der Waals surface area contributed by atoms with E-state index in [-0.39, 0.29) is 19.1 Å². The highest BCUT2D eigenvalue weighted by atomic mass is 35.5. The molecular formula is C23H18Cl2N2O4. The van der Waals surface area contributed by atoms with Crippen molar-refractivity contribution >= 4 is 35.3 Å². The van der Waals surface area contributed by atoms with Crippen LogP contribution in [-0.2, 0) is 17.8 Å². The molecule has 0 saturated carbocycles. The number of fused-ring (bicyclic) bond motifs is 1. The van der Waals surface area contributed by atoms with E-state index in [9.17, 15) is 4.79 Å². The Kier molecular flexibility index (Phi) is 6.60. The molecule has 0 spiro atoms. The van der Waals surface area contributed by atoms with Gasteiger partial charge in [0.15, 0.2) is 11.5 Å². The van der Waals surface area contributed by atoms with Crippen LogP contribution in [-0.4, -0.2) is 18.9 Å². The lowest BCUT2D eigenvalue weighted by molar-refractivity contribution is -0.120. The molecule has 31 heavy (non-hydrogen) atoms. The van der Waals surface area contributed by atoms with Crippen LogP contribution in [0.15, 0.2) is 65.8 Å². The van der Waals surface area contributed by atoms with Gasteiger partial charge in [0.25, 0.3) is 0 Å². The first kappa shape index (κ1) is 21.0. The van der Waals surface area contributed by atoms with Gasteiger partial charge in [-0.05, 0) is 53.6 Å². The molecule has 0 radical (unpaired) electrons. The van der Waals surface area contributed by atoms with Crippen molar-refractivity contribution in [3.63, 3.8) is 0 Å². The maximum absolute atomic E-state index is 12.2. The number of nitrogens with zero attached hydrogens (tertiary/aromatic N) is 1. The average Bonchev–Trinajstić information content (AvgIpc) is 3.21. The Bertz CT molecular complexity index is 1130. The maximum Gasteiger partial charge on any atom is 0.244 e. The standard InChI is InChI=1S/C23H18Cl2N2O4/c24-18-3-1-2-16(8-18)13-29-20-7-5-19(25)11-17(20)12-26-27-23(28)10-15-4-6-21-22(9-15)31-14-30-21/h1-9,11-12H,10,13-14H2,(H,27,28)/b26-12+. The minimum Gasteiger partial charge on any atom is -0.488 e. The van der Waals surface area contributed by atoms with Crippen LogP contribution in [0, 0.1) is 0 Å². The van der Waals surface area contributed by atoms with Crippen molar-refractivity contribution in [2.75, 3.05) is 6.79 Å². The molecule has 3 aromatic carbocycles. The van der Waals surface area contributed by atoms with Crippen LogP contribution in [0.1, 0.15) is 16.7 Å². The second kappa shape index (κ2) is 9.73. The van der Waals surface area contributed by atoms with Crippen LogP contribution in [0.4, 0.5) is 0 Å². The van der Waals surface area contributed by atoms with Gasteiger partial charge < -0.3 is 14.2 Å². The summed E-state index contributed by atoms with van der Waals surface area (Å²) in [7, 11) is 0. The Morgan fingerprint density at radius 1 is 1.00 bits per heavy atom. The van der Waals surface area contributed by atoms with Gasteiger partial charge in [0.2, 0.25) is 12.7 Å². The number of nitrogens with one attached hydrogen (secondary N) is 1. The highest BCUT2D eigenvalue weighted by Gasteiger charge is 2.14. The first-order valence-electron chi connectivity index (χ1n) is 9.44. The van der Waals surface area contributed by atoms with Gasteiger partial charge >= 0.3 is 0 Å². The topological polar surface area (TPSA) is 69.2 Å². The molecule has 1 aliphatic rings. The van der Waals surface area contributed by atoms with E-state index >= 15 is 0 Å². The van der Waals surface area contributed by atoms with Crippen molar-refractivity contribution in [2.45, 2.75) is 13.0 Å². The first-order valence-corrected chi connectivity index (χ1v) is 10.2. The molecule has 0 atom stereocenters. The Labute approximate surface area is 189 Å². The summed E-state index contributed by atoms with van der Waals surface area (Å²) in [5.74, 6) is 1.62. The van der Waals surface area contributed by atoms with Crippen LogP contribution in [0.5, 0.6) is 17.2 Å². The van der Waals surface area contributed by atoms with Crippen LogP contribution in [0.2, 0.25) is 10.0 Å². The van der Waals surface area contributed by atoms with E-state index < -0.39 is 0 Å². The molecule has 3 aromatic rings. The van der Waals surface area contributed by atoms with Gasteiger partial charge in [-0.2, -0.15) is 5.10 Å². The lowest BCUT2D eigenvalue weighted by atomic mass is 10.1. The second-order valence-electron chi connectivity index (χ2n) is 6.76. The summed E-state index contributed by atoms with van der Waals surface area (Å²) in [4.78, 5) is 12.2. The van der Waals surface area contributed by atoms with Crippen LogP contribution >= 0.6 is 23.2 Å². The zero-order valence-corrected chi connectivity index (χ0v) is 17.8. The monoisotopic (exact) mass is 456 g/mol. The van der Waals surface area contributed by atoms with Crippen LogP contribution in [0.3, 0.4) is 0 Å². The molecule has 1 heterocycles. The van der Waals surface area contributed by atoms with Crippen LogP contribution in [0.25, 0.3) is 0 Å². The first-order chi connectivity index (χ1) is 15.1. The van der Waals surface area contributed by atoms with Crippen LogP contribution < -0.4 is 19.6 Å². The van der Waals surface area contributed by atoms with Crippen molar-refractivity contribution in [2.24, 2.45) is 5.10 Å². The molecule has 158 valence electrons. The Hall–Kier alpha value is -3.22. The fourth-order valence-electron chi connectivity index (χ4n) is 2.99. The molecule has 0 bridgehead atoms. The van der Waals surface area contributed by atoms with E-state index in [0.29, 0.717) is 39.5 Å². The fourth-order valence-corrected chi connectivity index (χ4v) is 3.38. The summed E-state index contributed by atoms with van der Waals surface area (Å²) in [6.07, 6.45) is 1.65. The lowest BCUT2D eigenvalue weighted by Gasteiger charge is -2.10. The second-order valence-corrected chi connectivity index (χ2v) is 7.63. The van der Waals surface area contributed by atoms with Gasteiger partial charge in [0.05, 0.1) is 12.6 Å². The zero-order valence-electron chi connectivity index (χ0n) is 16.3. The molecular weight excluding hydrogens is 439 g/mol. The normalized spacial score (nSPS) is 12.2. The van der Waals surface area contributed by atoms with Crippen molar-refractivity contribution in [1.29, 1.82) is 0 Å². The molecule has 0 aliphatic carbocycles. The number of hydrogen-bond acceptors (Lipinski definition) is 5.